The lowest BCUT2D eigenvalue weighted by atomic mass is 10.3. The van der Waals surface area contributed by atoms with Gasteiger partial charge in [0.25, 0.3) is 0 Å². The van der Waals surface area contributed by atoms with Gasteiger partial charge in [0.2, 0.25) is 5.91 Å². The normalized spacial score (nSPS) is 10.3. The van der Waals surface area contributed by atoms with Gasteiger partial charge < -0.3 is 5.32 Å². The molecule has 0 aliphatic rings. The van der Waals surface area contributed by atoms with E-state index >= 15 is 0 Å². The second-order valence-corrected chi connectivity index (χ2v) is 4.91. The zero-order valence-corrected chi connectivity index (χ0v) is 11.0. The van der Waals surface area contributed by atoms with E-state index < -0.39 is 23.4 Å². The summed E-state index contributed by atoms with van der Waals surface area (Å²) in [5.41, 5.74) is 0.0535. The van der Waals surface area contributed by atoms with E-state index in [0.717, 1.165) is 30.0 Å². The Hall–Kier alpha value is -1.95. The van der Waals surface area contributed by atoms with Gasteiger partial charge in [0.1, 0.15) is 17.5 Å². The van der Waals surface area contributed by atoms with Crippen molar-refractivity contribution >= 4 is 23.4 Å². The molecule has 0 aliphatic carbocycles. The summed E-state index contributed by atoms with van der Waals surface area (Å²) in [6.07, 6.45) is 0. The van der Waals surface area contributed by atoms with Crippen LogP contribution >= 0.6 is 11.8 Å². The first-order valence-corrected chi connectivity index (χ1v) is 6.67. The Morgan fingerprint density at radius 1 is 1.05 bits per heavy atom. The van der Waals surface area contributed by atoms with E-state index in [1.807, 2.05) is 0 Å². The molecule has 104 valence electrons. The molecule has 1 amide bonds. The molecule has 0 saturated carbocycles. The molecule has 0 atom stereocenters. The quantitative estimate of drug-likeness (QED) is 0.869. The number of hydrogen-bond donors (Lipinski definition) is 1. The van der Waals surface area contributed by atoms with Crippen molar-refractivity contribution < 1.29 is 18.0 Å². The first-order chi connectivity index (χ1) is 9.56. The number of amides is 1. The van der Waals surface area contributed by atoms with Crippen molar-refractivity contribution in [1.29, 1.82) is 0 Å². The third-order valence-electron chi connectivity index (χ3n) is 2.40. The average molecular weight is 297 g/mol. The molecule has 0 fully saturated rings. The number of carbonyl (C=O) groups is 1. The Bertz CT molecular complexity index is 634. The molecule has 0 saturated heterocycles. The third-order valence-corrected chi connectivity index (χ3v) is 3.43. The van der Waals surface area contributed by atoms with Gasteiger partial charge in [-0.2, -0.15) is 0 Å². The molecule has 6 heteroatoms. The second-order valence-electron chi connectivity index (χ2n) is 3.89. The maximum atomic E-state index is 13.3. The molecule has 20 heavy (non-hydrogen) atoms. The molecule has 2 aromatic carbocycles. The topological polar surface area (TPSA) is 29.1 Å². The molecule has 2 rings (SSSR count). The molecular formula is C14H10F3NOS. The van der Waals surface area contributed by atoms with Gasteiger partial charge in [0.05, 0.1) is 11.4 Å². The standard InChI is InChI=1S/C14H10F3NOS/c15-9-5-6-11(17)13(7-9)20-8-14(19)18-12-4-2-1-3-10(12)16/h1-7H,8H2,(H,18,19). The largest absolute Gasteiger partial charge is 0.323 e. The predicted molar refractivity (Wildman–Crippen MR) is 72.1 cm³/mol. The number of carbonyl (C=O) groups excluding carboxylic acids is 1. The van der Waals surface area contributed by atoms with Crippen LogP contribution in [0.25, 0.3) is 0 Å². The van der Waals surface area contributed by atoms with Crippen LogP contribution < -0.4 is 5.32 Å². The molecule has 1 N–H and O–H groups in total. The number of rotatable bonds is 4. The SMILES string of the molecule is O=C(CSc1cc(F)ccc1F)Nc1ccccc1F. The smallest absolute Gasteiger partial charge is 0.234 e. The van der Waals surface area contributed by atoms with Crippen molar-refractivity contribution in [1.82, 2.24) is 0 Å². The summed E-state index contributed by atoms with van der Waals surface area (Å²) in [6.45, 7) is 0. The van der Waals surface area contributed by atoms with E-state index in [1.165, 1.54) is 18.2 Å². The van der Waals surface area contributed by atoms with Gasteiger partial charge in [0.15, 0.2) is 0 Å². The van der Waals surface area contributed by atoms with E-state index in [9.17, 15) is 18.0 Å². The zero-order chi connectivity index (χ0) is 14.5. The summed E-state index contributed by atoms with van der Waals surface area (Å²) in [5.74, 6) is -2.38. The second kappa shape index (κ2) is 6.47. The number of hydrogen-bond acceptors (Lipinski definition) is 2. The Kier molecular flexibility index (Phi) is 4.68. The Morgan fingerprint density at radius 3 is 2.55 bits per heavy atom. The lowest BCUT2D eigenvalue weighted by Gasteiger charge is -2.06. The number of thioether (sulfide) groups is 1. The predicted octanol–water partition coefficient (Wildman–Crippen LogP) is 3.83. The highest BCUT2D eigenvalue weighted by Crippen LogP contribution is 2.23. The molecule has 2 aromatic rings. The van der Waals surface area contributed by atoms with Crippen LogP contribution in [0.3, 0.4) is 0 Å². The van der Waals surface area contributed by atoms with E-state index in [4.69, 9.17) is 0 Å². The fourth-order valence-corrected chi connectivity index (χ4v) is 2.24. The number of nitrogens with one attached hydrogen (secondary N) is 1. The number of para-hydroxylation sites is 1. The summed E-state index contributed by atoms with van der Waals surface area (Å²) in [6, 6.07) is 8.72. The minimum absolute atomic E-state index is 0.0358. The Morgan fingerprint density at radius 2 is 1.80 bits per heavy atom. The third kappa shape index (κ3) is 3.77. The highest BCUT2D eigenvalue weighted by Gasteiger charge is 2.10. The van der Waals surface area contributed by atoms with Crippen molar-refractivity contribution in [2.45, 2.75) is 4.90 Å². The van der Waals surface area contributed by atoms with E-state index in [0.29, 0.717) is 0 Å². The van der Waals surface area contributed by atoms with Gasteiger partial charge in [-0.1, -0.05) is 12.1 Å². The summed E-state index contributed by atoms with van der Waals surface area (Å²) in [4.78, 5) is 11.7. The fourth-order valence-electron chi connectivity index (χ4n) is 1.48. The molecule has 2 nitrogen and oxygen atoms in total. The maximum absolute atomic E-state index is 13.3. The molecule has 0 radical (unpaired) electrons. The van der Waals surface area contributed by atoms with Crippen molar-refractivity contribution in [3.8, 4) is 0 Å². The first-order valence-electron chi connectivity index (χ1n) is 5.68. The van der Waals surface area contributed by atoms with Crippen LogP contribution in [0, 0.1) is 17.5 Å². The zero-order valence-electron chi connectivity index (χ0n) is 10.2. The molecule has 0 aliphatic heterocycles. The lowest BCUT2D eigenvalue weighted by molar-refractivity contribution is -0.113. The van der Waals surface area contributed by atoms with Crippen LogP contribution in [0.15, 0.2) is 47.4 Å². The molecular weight excluding hydrogens is 287 g/mol. The summed E-state index contributed by atoms with van der Waals surface area (Å²) in [7, 11) is 0. The van der Waals surface area contributed by atoms with Gasteiger partial charge in [-0.25, -0.2) is 13.2 Å². The van der Waals surface area contributed by atoms with Crippen molar-refractivity contribution in [3.63, 3.8) is 0 Å². The van der Waals surface area contributed by atoms with Crippen molar-refractivity contribution in [2.75, 3.05) is 11.1 Å². The van der Waals surface area contributed by atoms with E-state index in [2.05, 4.69) is 5.32 Å². The van der Waals surface area contributed by atoms with Crippen LogP contribution in [0.4, 0.5) is 18.9 Å². The summed E-state index contributed by atoms with van der Waals surface area (Å²) >= 11 is 0.845. The Balaban J connectivity index is 1.96. The number of anilines is 1. The molecule has 0 spiro atoms. The van der Waals surface area contributed by atoms with Gasteiger partial charge in [-0.05, 0) is 30.3 Å². The van der Waals surface area contributed by atoms with E-state index in [1.54, 1.807) is 6.07 Å². The van der Waals surface area contributed by atoms with E-state index in [-0.39, 0.29) is 16.3 Å². The van der Waals surface area contributed by atoms with Crippen LogP contribution in [0.5, 0.6) is 0 Å². The van der Waals surface area contributed by atoms with Gasteiger partial charge in [0, 0.05) is 4.90 Å². The first kappa shape index (κ1) is 14.5. The summed E-state index contributed by atoms with van der Waals surface area (Å²) in [5, 5.41) is 2.36. The fraction of sp³-hybridized carbons (Fsp3) is 0.0714. The molecule has 0 bridgehead atoms. The molecule has 0 unspecified atom stereocenters. The van der Waals surface area contributed by atoms with Crippen molar-refractivity contribution in [2.24, 2.45) is 0 Å². The van der Waals surface area contributed by atoms with Crippen LogP contribution in [-0.2, 0) is 4.79 Å². The highest BCUT2D eigenvalue weighted by atomic mass is 32.2. The molecule has 0 aromatic heterocycles. The molecule has 0 heterocycles. The minimum Gasteiger partial charge on any atom is -0.323 e. The van der Waals surface area contributed by atoms with Gasteiger partial charge in [-0.15, -0.1) is 11.8 Å². The minimum atomic E-state index is -0.602. The van der Waals surface area contributed by atoms with Gasteiger partial charge >= 0.3 is 0 Å². The monoisotopic (exact) mass is 297 g/mol. The van der Waals surface area contributed by atoms with Crippen molar-refractivity contribution in [3.05, 3.63) is 59.9 Å². The van der Waals surface area contributed by atoms with Gasteiger partial charge in [-0.3, -0.25) is 4.79 Å². The number of benzene rings is 2. The lowest BCUT2D eigenvalue weighted by Crippen LogP contribution is -2.15. The van der Waals surface area contributed by atoms with Crippen LogP contribution in [0.2, 0.25) is 0 Å². The highest BCUT2D eigenvalue weighted by molar-refractivity contribution is 8.00. The summed E-state index contributed by atoms with van der Waals surface area (Å²) < 4.78 is 39.6. The van der Waals surface area contributed by atoms with Crippen LogP contribution in [0.1, 0.15) is 0 Å². The average Bonchev–Trinajstić information content (AvgIpc) is 2.42. The maximum Gasteiger partial charge on any atom is 0.234 e. The Labute approximate surface area is 118 Å². The van der Waals surface area contributed by atoms with Crippen LogP contribution in [-0.4, -0.2) is 11.7 Å². The number of halogens is 3.